The van der Waals surface area contributed by atoms with Crippen molar-refractivity contribution in [2.24, 2.45) is 5.73 Å². The Morgan fingerprint density at radius 3 is 2.84 bits per heavy atom. The SMILES string of the molecule is CCC1(O)C(=O)OCc2c1cc1n(c2=O)Cc2c-1nc1cc(F)c(C)c3c1c2[C@@H](NC(=O)CCN)CC3. The van der Waals surface area contributed by atoms with Crippen LogP contribution in [0, 0.1) is 12.7 Å². The van der Waals surface area contributed by atoms with E-state index in [1.807, 2.05) is 0 Å². The molecule has 1 aromatic carbocycles. The molecule has 3 aromatic rings. The lowest BCUT2D eigenvalue weighted by atomic mass is 9.81. The number of halogens is 1. The maximum atomic E-state index is 14.9. The van der Waals surface area contributed by atoms with E-state index in [0.717, 1.165) is 22.1 Å². The number of aromatic nitrogens is 2. The Morgan fingerprint density at radius 2 is 2.11 bits per heavy atom. The molecule has 4 heterocycles. The third kappa shape index (κ3) is 3.21. The fourth-order valence-corrected chi connectivity index (χ4v) is 6.10. The van der Waals surface area contributed by atoms with Crippen molar-refractivity contribution >= 4 is 22.8 Å². The molecule has 1 amide bonds. The Balaban J connectivity index is 1.63. The minimum atomic E-state index is -1.94. The van der Waals surface area contributed by atoms with Crippen LogP contribution in [0.2, 0.25) is 0 Å². The highest BCUT2D eigenvalue weighted by molar-refractivity contribution is 5.94. The highest BCUT2D eigenvalue weighted by Crippen LogP contribution is 2.45. The van der Waals surface area contributed by atoms with Gasteiger partial charge in [-0.2, -0.15) is 0 Å². The molecule has 1 unspecified atom stereocenters. The summed E-state index contributed by atoms with van der Waals surface area (Å²) in [6.45, 7) is 3.58. The van der Waals surface area contributed by atoms with Crippen molar-refractivity contribution in [2.75, 3.05) is 6.54 Å². The number of esters is 1. The molecule has 2 aliphatic heterocycles. The molecule has 10 heteroatoms. The largest absolute Gasteiger partial charge is 0.458 e. The van der Waals surface area contributed by atoms with E-state index in [-0.39, 0.29) is 67.0 Å². The maximum Gasteiger partial charge on any atom is 0.343 e. The molecule has 4 N–H and O–H groups in total. The van der Waals surface area contributed by atoms with Crippen LogP contribution >= 0.6 is 0 Å². The summed E-state index contributed by atoms with van der Waals surface area (Å²) in [7, 11) is 0. The quantitative estimate of drug-likeness (QED) is 0.360. The summed E-state index contributed by atoms with van der Waals surface area (Å²) in [5, 5.41) is 15.0. The molecular formula is C27H27FN4O5. The molecule has 37 heavy (non-hydrogen) atoms. The van der Waals surface area contributed by atoms with Crippen molar-refractivity contribution < 1.29 is 23.8 Å². The molecule has 9 nitrogen and oxygen atoms in total. The number of aryl methyl sites for hydroxylation is 1. The molecule has 0 radical (unpaired) electrons. The summed E-state index contributed by atoms with van der Waals surface area (Å²) in [6.07, 6.45) is 1.36. The lowest BCUT2D eigenvalue weighted by molar-refractivity contribution is -0.172. The van der Waals surface area contributed by atoms with Crippen LogP contribution in [0.25, 0.3) is 22.3 Å². The zero-order valence-electron chi connectivity index (χ0n) is 20.6. The van der Waals surface area contributed by atoms with Gasteiger partial charge in [0, 0.05) is 35.5 Å². The van der Waals surface area contributed by atoms with E-state index < -0.39 is 11.6 Å². The predicted molar refractivity (Wildman–Crippen MR) is 132 cm³/mol. The van der Waals surface area contributed by atoms with E-state index in [0.29, 0.717) is 35.3 Å². The van der Waals surface area contributed by atoms with Gasteiger partial charge in [-0.3, -0.25) is 9.59 Å². The fourth-order valence-electron chi connectivity index (χ4n) is 6.10. The maximum absolute atomic E-state index is 14.9. The van der Waals surface area contributed by atoms with Gasteiger partial charge in [0.1, 0.15) is 12.4 Å². The molecular weight excluding hydrogens is 479 g/mol. The second-order valence-corrected chi connectivity index (χ2v) is 10.0. The van der Waals surface area contributed by atoms with Gasteiger partial charge in [0.25, 0.3) is 5.56 Å². The summed E-state index contributed by atoms with van der Waals surface area (Å²) in [5.74, 6) is -1.34. The molecule has 0 saturated carbocycles. The first-order chi connectivity index (χ1) is 17.7. The zero-order valence-corrected chi connectivity index (χ0v) is 20.6. The van der Waals surface area contributed by atoms with Gasteiger partial charge in [0.2, 0.25) is 5.91 Å². The number of pyridine rings is 2. The summed E-state index contributed by atoms with van der Waals surface area (Å²) < 4.78 is 21.6. The Bertz CT molecular complexity index is 1600. The van der Waals surface area contributed by atoms with Crippen LogP contribution < -0.4 is 16.6 Å². The number of rotatable bonds is 4. The molecule has 0 bridgehead atoms. The molecule has 3 aliphatic rings. The van der Waals surface area contributed by atoms with E-state index in [1.165, 1.54) is 6.07 Å². The number of carbonyl (C=O) groups is 2. The molecule has 6 rings (SSSR count). The van der Waals surface area contributed by atoms with E-state index in [4.69, 9.17) is 15.5 Å². The summed E-state index contributed by atoms with van der Waals surface area (Å²) >= 11 is 0. The third-order valence-corrected chi connectivity index (χ3v) is 8.08. The van der Waals surface area contributed by atoms with Gasteiger partial charge in [0.15, 0.2) is 5.60 Å². The normalized spacial score (nSPS) is 21.3. The Kier molecular flexibility index (Phi) is 5.26. The van der Waals surface area contributed by atoms with Crippen LogP contribution in [-0.4, -0.2) is 33.1 Å². The highest BCUT2D eigenvalue weighted by Gasteiger charge is 2.46. The van der Waals surface area contributed by atoms with Crippen LogP contribution in [0.5, 0.6) is 0 Å². The van der Waals surface area contributed by atoms with Crippen LogP contribution in [0.3, 0.4) is 0 Å². The molecule has 1 aliphatic carbocycles. The minimum absolute atomic E-state index is 0.0358. The number of fused-ring (bicyclic) bond motifs is 5. The zero-order chi connectivity index (χ0) is 26.2. The van der Waals surface area contributed by atoms with Gasteiger partial charge in [-0.1, -0.05) is 6.92 Å². The molecule has 0 fully saturated rings. The number of carbonyl (C=O) groups excluding carboxylic acids is 2. The number of nitrogens with one attached hydrogen (secondary N) is 1. The van der Waals surface area contributed by atoms with E-state index in [2.05, 4.69) is 5.32 Å². The van der Waals surface area contributed by atoms with Gasteiger partial charge in [-0.25, -0.2) is 14.2 Å². The Hall–Kier alpha value is -3.63. The third-order valence-electron chi connectivity index (χ3n) is 8.08. The fraction of sp³-hybridized carbons (Fsp3) is 0.407. The molecule has 2 aromatic heterocycles. The number of aliphatic hydroxyl groups is 1. The van der Waals surface area contributed by atoms with Crippen molar-refractivity contribution in [3.8, 4) is 11.4 Å². The van der Waals surface area contributed by atoms with Gasteiger partial charge in [0.05, 0.1) is 35.1 Å². The van der Waals surface area contributed by atoms with Crippen LogP contribution in [0.1, 0.15) is 65.6 Å². The van der Waals surface area contributed by atoms with Crippen LogP contribution in [0.4, 0.5) is 4.39 Å². The smallest absolute Gasteiger partial charge is 0.343 e. The minimum Gasteiger partial charge on any atom is -0.458 e. The van der Waals surface area contributed by atoms with E-state index in [1.54, 1.807) is 24.5 Å². The molecule has 0 spiro atoms. The van der Waals surface area contributed by atoms with E-state index in [9.17, 15) is 23.9 Å². The molecule has 2 atom stereocenters. The number of hydrogen-bond donors (Lipinski definition) is 3. The highest BCUT2D eigenvalue weighted by atomic mass is 19.1. The topological polar surface area (TPSA) is 137 Å². The van der Waals surface area contributed by atoms with Gasteiger partial charge >= 0.3 is 5.97 Å². The lowest BCUT2D eigenvalue weighted by Gasteiger charge is -2.31. The van der Waals surface area contributed by atoms with Crippen molar-refractivity contribution in [3.63, 3.8) is 0 Å². The predicted octanol–water partition coefficient (Wildman–Crippen LogP) is 1.98. The first-order valence-corrected chi connectivity index (χ1v) is 12.5. The lowest BCUT2D eigenvalue weighted by Crippen LogP contribution is -2.44. The number of benzene rings is 1. The number of cyclic esters (lactones) is 1. The Morgan fingerprint density at radius 1 is 1.32 bits per heavy atom. The first-order valence-electron chi connectivity index (χ1n) is 12.5. The van der Waals surface area contributed by atoms with Crippen molar-refractivity contribution in [1.29, 1.82) is 0 Å². The average Bonchev–Trinajstić information content (AvgIpc) is 3.24. The van der Waals surface area contributed by atoms with Crippen LogP contribution in [-0.2, 0) is 39.5 Å². The number of ether oxygens (including phenoxy) is 1. The Labute approximate surface area is 211 Å². The standard InChI is InChI=1S/C27H27FN4O5/c1-3-27(36)16-8-20-24-14(10-32(20)25(34)15(16)11-37-26(27)35)23-18(30-21(33)6-7-29)5-4-13-12(2)17(28)9-19(31-24)22(13)23/h8-9,18,36H,3-7,10-11,29H2,1-2H3,(H,30,33)/t18-,27?/m0/s1. The summed E-state index contributed by atoms with van der Waals surface area (Å²) in [6, 6.07) is 2.67. The molecule has 192 valence electrons. The van der Waals surface area contributed by atoms with Crippen molar-refractivity contribution in [3.05, 3.63) is 61.7 Å². The second kappa shape index (κ2) is 8.19. The van der Waals surface area contributed by atoms with Gasteiger partial charge in [-0.05, 0) is 48.9 Å². The first kappa shape index (κ1) is 23.7. The monoisotopic (exact) mass is 506 g/mol. The second-order valence-electron chi connectivity index (χ2n) is 10.0. The molecule has 0 saturated heterocycles. The van der Waals surface area contributed by atoms with Crippen molar-refractivity contribution in [1.82, 2.24) is 14.9 Å². The van der Waals surface area contributed by atoms with E-state index >= 15 is 0 Å². The number of hydrogen-bond acceptors (Lipinski definition) is 7. The summed E-state index contributed by atoms with van der Waals surface area (Å²) in [5.41, 5.74) is 8.08. The number of nitrogens with two attached hydrogens (primary N) is 1. The van der Waals surface area contributed by atoms with Gasteiger partial charge in [-0.15, -0.1) is 0 Å². The summed E-state index contributed by atoms with van der Waals surface area (Å²) in [4.78, 5) is 43.4. The van der Waals surface area contributed by atoms with Gasteiger partial charge < -0.3 is 25.5 Å². The number of nitrogens with zero attached hydrogens (tertiary/aromatic N) is 2. The number of amides is 1. The van der Waals surface area contributed by atoms with Crippen molar-refractivity contribution in [2.45, 2.75) is 64.3 Å². The average molecular weight is 507 g/mol. The van der Waals surface area contributed by atoms with Crippen LogP contribution in [0.15, 0.2) is 16.9 Å².